The van der Waals surface area contributed by atoms with Crippen molar-refractivity contribution in [3.05, 3.63) is 48.4 Å². The Morgan fingerprint density at radius 1 is 1.21 bits per heavy atom. The molecule has 38 heavy (non-hydrogen) atoms. The average molecular weight is 516 g/mol. The molecule has 0 radical (unpaired) electrons. The van der Waals surface area contributed by atoms with Gasteiger partial charge in [0.2, 0.25) is 11.8 Å². The van der Waals surface area contributed by atoms with Crippen molar-refractivity contribution in [1.29, 1.82) is 5.26 Å². The Labute approximate surface area is 220 Å². The van der Waals surface area contributed by atoms with Crippen molar-refractivity contribution < 1.29 is 19.1 Å². The summed E-state index contributed by atoms with van der Waals surface area (Å²) in [6.07, 6.45) is 4.14. The van der Waals surface area contributed by atoms with Crippen LogP contribution in [-0.4, -0.2) is 62.4 Å². The zero-order valence-electron chi connectivity index (χ0n) is 21.4. The van der Waals surface area contributed by atoms with Gasteiger partial charge in [0.05, 0.1) is 23.4 Å². The smallest absolute Gasteiger partial charge is 0.311 e. The molecular weight excluding hydrogens is 486 g/mol. The number of esters is 1. The summed E-state index contributed by atoms with van der Waals surface area (Å²) in [5.74, 6) is 0.478. The minimum Gasteiger partial charge on any atom is -0.444 e. The van der Waals surface area contributed by atoms with Crippen LogP contribution in [-0.2, 0) is 32.3 Å². The van der Waals surface area contributed by atoms with Crippen molar-refractivity contribution in [2.45, 2.75) is 45.4 Å². The van der Waals surface area contributed by atoms with Crippen molar-refractivity contribution in [2.75, 3.05) is 29.9 Å². The number of anilines is 2. The number of hydrogen-bond acceptors (Lipinski definition) is 8. The van der Waals surface area contributed by atoms with Gasteiger partial charge in [0.25, 0.3) is 0 Å². The number of nitrogens with one attached hydrogen (secondary N) is 1. The van der Waals surface area contributed by atoms with Crippen LogP contribution in [0.1, 0.15) is 32.3 Å². The van der Waals surface area contributed by atoms with E-state index in [0.29, 0.717) is 30.3 Å². The lowest BCUT2D eigenvalue weighted by atomic mass is 9.74. The highest BCUT2D eigenvalue weighted by molar-refractivity contribution is 5.89. The first-order valence-corrected chi connectivity index (χ1v) is 12.5. The van der Waals surface area contributed by atoms with Gasteiger partial charge < -0.3 is 19.9 Å². The fraction of sp³-hybridized carbons (Fsp3) is 0.407. The molecule has 0 aliphatic carbocycles. The summed E-state index contributed by atoms with van der Waals surface area (Å²) in [6.45, 7) is 5.67. The third-order valence-electron chi connectivity index (χ3n) is 7.54. The number of carbonyl (C=O) groups is 3. The molecule has 0 bridgehead atoms. The van der Waals surface area contributed by atoms with Crippen LogP contribution in [0.4, 0.5) is 11.5 Å². The first-order valence-electron chi connectivity index (χ1n) is 12.5. The van der Waals surface area contributed by atoms with Gasteiger partial charge in [-0.3, -0.25) is 19.0 Å². The molecule has 2 amide bonds. The van der Waals surface area contributed by atoms with Crippen LogP contribution in [0.3, 0.4) is 0 Å². The Balaban J connectivity index is 1.24. The second kappa shape index (κ2) is 10.1. The fourth-order valence-corrected chi connectivity index (χ4v) is 5.53. The maximum Gasteiger partial charge on any atom is 0.311 e. The number of fused-ring (bicyclic) bond motifs is 1. The molecule has 1 N–H and O–H groups in total. The summed E-state index contributed by atoms with van der Waals surface area (Å²) in [5.41, 5.74) is 1.83. The number of amides is 2. The molecule has 5 rings (SSSR count). The summed E-state index contributed by atoms with van der Waals surface area (Å²) in [6, 6.07) is 10.9. The Morgan fingerprint density at radius 2 is 2.00 bits per heavy atom. The Morgan fingerprint density at radius 3 is 2.71 bits per heavy atom. The summed E-state index contributed by atoms with van der Waals surface area (Å²) >= 11 is 0. The summed E-state index contributed by atoms with van der Waals surface area (Å²) in [5, 5.41) is 12.5. The molecule has 196 valence electrons. The highest BCUT2D eigenvalue weighted by Crippen LogP contribution is 2.45. The molecule has 2 aliphatic heterocycles. The SMILES string of the molecule is CC(=O)Nc1ccc(CC(=O)OCn2ccc3c(N4CC[C@]5(C4)[C@@H](C)CN5C(=O)CC#N)ncnc32)cc1. The zero-order chi connectivity index (χ0) is 26.9. The Hall–Kier alpha value is -4.46. The molecule has 11 nitrogen and oxygen atoms in total. The topological polar surface area (TPSA) is 133 Å². The molecule has 2 saturated heterocycles. The van der Waals surface area contributed by atoms with Gasteiger partial charge in [-0.25, -0.2) is 9.97 Å². The molecule has 0 unspecified atom stereocenters. The van der Waals surface area contributed by atoms with Gasteiger partial charge in [-0.15, -0.1) is 0 Å². The van der Waals surface area contributed by atoms with Crippen LogP contribution in [0.2, 0.25) is 0 Å². The van der Waals surface area contributed by atoms with E-state index >= 15 is 0 Å². The minimum atomic E-state index is -0.379. The number of benzene rings is 1. The molecule has 0 saturated carbocycles. The fourth-order valence-electron chi connectivity index (χ4n) is 5.53. The molecule has 2 atom stereocenters. The largest absolute Gasteiger partial charge is 0.444 e. The average Bonchev–Trinajstić information content (AvgIpc) is 3.53. The van der Waals surface area contributed by atoms with Gasteiger partial charge in [0.1, 0.15) is 24.2 Å². The molecule has 2 aromatic heterocycles. The molecule has 1 aromatic carbocycles. The Bertz CT molecular complexity index is 1430. The monoisotopic (exact) mass is 515 g/mol. The second-order valence-corrected chi connectivity index (χ2v) is 9.94. The first-order chi connectivity index (χ1) is 18.3. The van der Waals surface area contributed by atoms with Crippen molar-refractivity contribution in [3.8, 4) is 6.07 Å². The van der Waals surface area contributed by atoms with E-state index < -0.39 is 0 Å². The maximum atomic E-state index is 12.5. The predicted molar refractivity (Wildman–Crippen MR) is 139 cm³/mol. The first kappa shape index (κ1) is 25.2. The van der Waals surface area contributed by atoms with E-state index in [1.165, 1.54) is 13.3 Å². The molecule has 11 heteroatoms. The highest BCUT2D eigenvalue weighted by atomic mass is 16.5. The lowest BCUT2D eigenvalue weighted by molar-refractivity contribution is -0.152. The molecule has 1 spiro atoms. The second-order valence-electron chi connectivity index (χ2n) is 9.94. The normalized spacial score (nSPS) is 20.3. The van der Waals surface area contributed by atoms with E-state index in [0.717, 1.165) is 29.7 Å². The van der Waals surface area contributed by atoms with Gasteiger partial charge in [0, 0.05) is 38.4 Å². The third-order valence-corrected chi connectivity index (χ3v) is 7.54. The van der Waals surface area contributed by atoms with E-state index in [2.05, 4.69) is 27.1 Å². The van der Waals surface area contributed by atoms with E-state index in [9.17, 15) is 14.4 Å². The number of likely N-dealkylation sites (tertiary alicyclic amines) is 1. The van der Waals surface area contributed by atoms with Gasteiger partial charge in [-0.1, -0.05) is 19.1 Å². The third kappa shape index (κ3) is 4.65. The van der Waals surface area contributed by atoms with Crippen molar-refractivity contribution in [1.82, 2.24) is 19.4 Å². The zero-order valence-corrected chi connectivity index (χ0v) is 21.4. The van der Waals surface area contributed by atoms with E-state index in [-0.39, 0.29) is 42.9 Å². The number of nitrogens with zero attached hydrogens (tertiary/aromatic N) is 6. The molecule has 4 heterocycles. The Kier molecular flexibility index (Phi) is 6.72. The lowest BCUT2D eigenvalue weighted by Crippen LogP contribution is -2.69. The molecule has 2 fully saturated rings. The number of aromatic nitrogens is 3. The number of carbonyl (C=O) groups excluding carboxylic acids is 3. The van der Waals surface area contributed by atoms with Crippen molar-refractivity contribution >= 4 is 40.3 Å². The predicted octanol–water partition coefficient (Wildman–Crippen LogP) is 2.47. The quantitative estimate of drug-likeness (QED) is 0.475. The van der Waals surface area contributed by atoms with Crippen LogP contribution in [0.25, 0.3) is 11.0 Å². The van der Waals surface area contributed by atoms with Gasteiger partial charge >= 0.3 is 5.97 Å². The molecular formula is C27H29N7O4. The van der Waals surface area contributed by atoms with Crippen LogP contribution in [0, 0.1) is 17.2 Å². The van der Waals surface area contributed by atoms with Crippen molar-refractivity contribution in [3.63, 3.8) is 0 Å². The van der Waals surface area contributed by atoms with Crippen LogP contribution < -0.4 is 10.2 Å². The number of rotatable bonds is 7. The standard InChI is InChI=1S/C27H29N7O4/c1-18-14-34(23(36)7-10-28)27(18)9-12-32(15-27)25-22-8-11-33(26(22)30-16-29-25)17-38-24(37)13-20-3-5-21(6-4-20)31-19(2)35/h3-6,8,11,16,18H,7,9,12-15,17H2,1-2H3,(H,31,35)/t18-,27-/m0/s1. The molecule has 2 aliphatic rings. The maximum absolute atomic E-state index is 12.5. The van der Waals surface area contributed by atoms with E-state index in [1.807, 2.05) is 23.2 Å². The molecule has 3 aromatic rings. The summed E-state index contributed by atoms with van der Waals surface area (Å²) in [4.78, 5) is 49.1. The van der Waals surface area contributed by atoms with Crippen LogP contribution in [0.15, 0.2) is 42.9 Å². The summed E-state index contributed by atoms with van der Waals surface area (Å²) < 4.78 is 7.27. The van der Waals surface area contributed by atoms with Crippen LogP contribution in [0.5, 0.6) is 0 Å². The van der Waals surface area contributed by atoms with E-state index in [4.69, 9.17) is 10.00 Å². The minimum absolute atomic E-state index is 0.0141. The van der Waals surface area contributed by atoms with Crippen molar-refractivity contribution in [2.24, 2.45) is 5.92 Å². The highest BCUT2D eigenvalue weighted by Gasteiger charge is 2.56. The number of hydrogen-bond donors (Lipinski definition) is 1. The van der Waals surface area contributed by atoms with Gasteiger partial charge in [0.15, 0.2) is 6.73 Å². The van der Waals surface area contributed by atoms with Gasteiger partial charge in [-0.2, -0.15) is 5.26 Å². The van der Waals surface area contributed by atoms with Crippen LogP contribution >= 0.6 is 0 Å². The summed E-state index contributed by atoms with van der Waals surface area (Å²) in [7, 11) is 0. The van der Waals surface area contributed by atoms with E-state index in [1.54, 1.807) is 28.8 Å². The lowest BCUT2D eigenvalue weighted by Gasteiger charge is -2.55. The number of ether oxygens (including phenoxy) is 1. The number of nitriles is 1. The van der Waals surface area contributed by atoms with Gasteiger partial charge in [-0.05, 0) is 36.1 Å².